The molecule has 136 valence electrons. The first kappa shape index (κ1) is 18.2. The molecule has 1 saturated heterocycles. The van der Waals surface area contributed by atoms with Crippen LogP contribution in [0.1, 0.15) is 10.4 Å². The molecule has 1 heterocycles. The number of halogens is 2. The molecule has 2 aromatic carbocycles. The lowest BCUT2D eigenvalue weighted by Crippen LogP contribution is -2.27. The zero-order valence-electron chi connectivity index (χ0n) is 13.8. The van der Waals surface area contributed by atoms with Crippen LogP contribution in [0.25, 0.3) is 0 Å². The van der Waals surface area contributed by atoms with E-state index in [4.69, 9.17) is 9.47 Å². The number of ether oxygens (including phenoxy) is 3. The predicted octanol–water partition coefficient (Wildman–Crippen LogP) is 3.78. The molecule has 0 bridgehead atoms. The van der Waals surface area contributed by atoms with Crippen LogP contribution in [0.2, 0.25) is 0 Å². The summed E-state index contributed by atoms with van der Waals surface area (Å²) in [5, 5.41) is 0. The van der Waals surface area contributed by atoms with Gasteiger partial charge in [-0.1, -0.05) is 15.9 Å². The maximum absolute atomic E-state index is 14.0. The van der Waals surface area contributed by atoms with Crippen molar-refractivity contribution in [2.24, 2.45) is 0 Å². The quantitative estimate of drug-likeness (QED) is 0.684. The normalized spacial score (nSPS) is 16.3. The number of carbonyl (C=O) groups is 2. The van der Waals surface area contributed by atoms with Crippen LogP contribution in [-0.2, 0) is 9.47 Å². The molecule has 0 saturated carbocycles. The van der Waals surface area contributed by atoms with E-state index in [2.05, 4.69) is 20.7 Å². The van der Waals surface area contributed by atoms with Gasteiger partial charge in [0.2, 0.25) is 0 Å². The number of rotatable bonds is 5. The highest BCUT2D eigenvalue weighted by Crippen LogP contribution is 2.27. The third kappa shape index (κ3) is 3.96. The second-order valence-corrected chi connectivity index (χ2v) is 6.45. The van der Waals surface area contributed by atoms with Crippen molar-refractivity contribution in [1.29, 1.82) is 0 Å². The second kappa shape index (κ2) is 7.74. The molecule has 0 radical (unpaired) electrons. The van der Waals surface area contributed by atoms with Crippen molar-refractivity contribution in [3.63, 3.8) is 0 Å². The van der Waals surface area contributed by atoms with Gasteiger partial charge in [-0.2, -0.15) is 0 Å². The summed E-state index contributed by atoms with van der Waals surface area (Å²) in [6.45, 7) is 0.287. The minimum atomic E-state index is -0.624. The number of esters is 1. The number of hydrogen-bond acceptors (Lipinski definition) is 5. The third-order valence-electron chi connectivity index (χ3n) is 3.79. The maximum Gasteiger partial charge on any atom is 0.414 e. The first-order valence-electron chi connectivity index (χ1n) is 7.72. The fraction of sp³-hybridized carbons (Fsp3) is 0.222. The Hall–Kier alpha value is -2.61. The van der Waals surface area contributed by atoms with Crippen molar-refractivity contribution >= 4 is 33.7 Å². The predicted molar refractivity (Wildman–Crippen MR) is 95.0 cm³/mol. The number of cyclic esters (lactones) is 1. The van der Waals surface area contributed by atoms with Gasteiger partial charge >= 0.3 is 12.1 Å². The first-order valence-corrected chi connectivity index (χ1v) is 8.51. The largest absolute Gasteiger partial charge is 0.490 e. The molecule has 3 rings (SSSR count). The fourth-order valence-corrected chi connectivity index (χ4v) is 2.83. The highest BCUT2D eigenvalue weighted by molar-refractivity contribution is 9.10. The van der Waals surface area contributed by atoms with Crippen LogP contribution in [0.3, 0.4) is 0 Å². The van der Waals surface area contributed by atoms with Gasteiger partial charge in [-0.25, -0.2) is 14.0 Å². The van der Waals surface area contributed by atoms with E-state index >= 15 is 0 Å². The molecule has 2 aromatic rings. The SMILES string of the molecule is COC(=O)c1ccc(OC[C@H]2CN(c3ccc(Br)cc3F)C(=O)O2)cc1. The van der Waals surface area contributed by atoms with Crippen LogP contribution in [0.4, 0.5) is 14.9 Å². The Bertz CT molecular complexity index is 827. The monoisotopic (exact) mass is 423 g/mol. The molecule has 8 heteroatoms. The summed E-state index contributed by atoms with van der Waals surface area (Å²) >= 11 is 3.18. The number of amides is 1. The van der Waals surface area contributed by atoms with Crippen molar-refractivity contribution in [2.45, 2.75) is 6.10 Å². The van der Waals surface area contributed by atoms with Gasteiger partial charge in [0.25, 0.3) is 0 Å². The lowest BCUT2D eigenvalue weighted by molar-refractivity contribution is 0.0600. The van der Waals surface area contributed by atoms with Crippen molar-refractivity contribution in [3.05, 3.63) is 58.3 Å². The summed E-state index contributed by atoms with van der Waals surface area (Å²) in [4.78, 5) is 24.6. The maximum atomic E-state index is 14.0. The minimum absolute atomic E-state index is 0.109. The summed E-state index contributed by atoms with van der Waals surface area (Å²) in [7, 11) is 1.31. The molecule has 1 amide bonds. The molecule has 0 aliphatic carbocycles. The summed E-state index contributed by atoms with van der Waals surface area (Å²) in [5.41, 5.74) is 0.562. The standard InChI is InChI=1S/C18H15BrFNO5/c1-24-17(22)11-2-5-13(6-3-11)25-10-14-9-21(18(23)26-14)16-7-4-12(19)8-15(16)20/h2-8,14H,9-10H2,1H3/t14-/m1/s1. The van der Waals surface area contributed by atoms with E-state index < -0.39 is 24.0 Å². The van der Waals surface area contributed by atoms with Crippen LogP contribution < -0.4 is 9.64 Å². The molecular formula is C18H15BrFNO5. The van der Waals surface area contributed by atoms with E-state index in [-0.39, 0.29) is 18.8 Å². The Morgan fingerprint density at radius 1 is 1.31 bits per heavy atom. The number of nitrogens with zero attached hydrogens (tertiary/aromatic N) is 1. The minimum Gasteiger partial charge on any atom is -0.490 e. The van der Waals surface area contributed by atoms with Crippen LogP contribution >= 0.6 is 15.9 Å². The second-order valence-electron chi connectivity index (χ2n) is 5.54. The van der Waals surface area contributed by atoms with Crippen molar-refractivity contribution < 1.29 is 28.2 Å². The molecule has 0 aromatic heterocycles. The first-order chi connectivity index (χ1) is 12.5. The third-order valence-corrected chi connectivity index (χ3v) is 4.28. The molecule has 26 heavy (non-hydrogen) atoms. The summed E-state index contributed by atoms with van der Waals surface area (Å²) < 4.78 is 30.1. The Morgan fingerprint density at radius 2 is 2.04 bits per heavy atom. The highest BCUT2D eigenvalue weighted by Gasteiger charge is 2.34. The van der Waals surface area contributed by atoms with Gasteiger partial charge in [0.15, 0.2) is 6.10 Å². The number of benzene rings is 2. The smallest absolute Gasteiger partial charge is 0.414 e. The van der Waals surface area contributed by atoms with Gasteiger partial charge in [-0.3, -0.25) is 4.90 Å². The molecule has 0 spiro atoms. The van der Waals surface area contributed by atoms with E-state index in [1.54, 1.807) is 30.3 Å². The van der Waals surface area contributed by atoms with E-state index in [1.165, 1.54) is 24.1 Å². The lowest BCUT2D eigenvalue weighted by Gasteiger charge is -2.14. The molecule has 6 nitrogen and oxygen atoms in total. The fourth-order valence-electron chi connectivity index (χ4n) is 2.50. The van der Waals surface area contributed by atoms with Gasteiger partial charge in [0, 0.05) is 4.47 Å². The summed E-state index contributed by atoms with van der Waals surface area (Å²) in [6.07, 6.45) is -1.16. The molecule has 1 aliphatic rings. The van der Waals surface area contributed by atoms with Gasteiger partial charge in [0.05, 0.1) is 24.9 Å². The van der Waals surface area contributed by atoms with Crippen molar-refractivity contribution in [1.82, 2.24) is 0 Å². The molecule has 1 fully saturated rings. The van der Waals surface area contributed by atoms with Gasteiger partial charge < -0.3 is 14.2 Å². The topological polar surface area (TPSA) is 65.1 Å². The molecular weight excluding hydrogens is 409 g/mol. The van der Waals surface area contributed by atoms with Crippen LogP contribution in [0, 0.1) is 5.82 Å². The number of methoxy groups -OCH3 is 1. The number of anilines is 1. The Labute approximate surface area is 157 Å². The Morgan fingerprint density at radius 3 is 2.69 bits per heavy atom. The lowest BCUT2D eigenvalue weighted by atomic mass is 10.2. The van der Waals surface area contributed by atoms with E-state index in [0.717, 1.165) is 0 Å². The highest BCUT2D eigenvalue weighted by atomic mass is 79.9. The van der Waals surface area contributed by atoms with Crippen molar-refractivity contribution in [2.75, 3.05) is 25.2 Å². The molecule has 0 N–H and O–H groups in total. The van der Waals surface area contributed by atoms with Crippen LogP contribution in [0.5, 0.6) is 5.75 Å². The van der Waals surface area contributed by atoms with E-state index in [9.17, 15) is 14.0 Å². The average molecular weight is 424 g/mol. The molecule has 1 atom stereocenters. The average Bonchev–Trinajstić information content (AvgIpc) is 3.00. The number of hydrogen-bond donors (Lipinski definition) is 0. The summed E-state index contributed by atoms with van der Waals surface area (Å²) in [6, 6.07) is 10.8. The molecule has 1 aliphatic heterocycles. The van der Waals surface area contributed by atoms with Gasteiger partial charge in [-0.05, 0) is 42.5 Å². The van der Waals surface area contributed by atoms with Gasteiger partial charge in [-0.15, -0.1) is 0 Å². The van der Waals surface area contributed by atoms with Crippen molar-refractivity contribution in [3.8, 4) is 5.75 Å². The summed E-state index contributed by atoms with van der Waals surface area (Å²) in [5.74, 6) is -0.438. The molecule has 0 unspecified atom stereocenters. The van der Waals surface area contributed by atoms with E-state index in [0.29, 0.717) is 15.8 Å². The Kier molecular flexibility index (Phi) is 5.41. The Balaban J connectivity index is 1.60. The van der Waals surface area contributed by atoms with Gasteiger partial charge in [0.1, 0.15) is 18.2 Å². The zero-order chi connectivity index (χ0) is 18.7. The number of carbonyl (C=O) groups excluding carboxylic acids is 2. The zero-order valence-corrected chi connectivity index (χ0v) is 15.4. The van der Waals surface area contributed by atoms with Crippen LogP contribution in [-0.4, -0.2) is 38.4 Å². The van der Waals surface area contributed by atoms with E-state index in [1.807, 2.05) is 0 Å². The van der Waals surface area contributed by atoms with Crippen LogP contribution in [0.15, 0.2) is 46.9 Å².